The van der Waals surface area contributed by atoms with Crippen LogP contribution < -0.4 is 10.6 Å². The molecule has 29 heavy (non-hydrogen) atoms. The Labute approximate surface area is 184 Å². The van der Waals surface area contributed by atoms with Gasteiger partial charge in [0.25, 0.3) is 0 Å². The zero-order valence-electron chi connectivity index (χ0n) is 16.5. The molecule has 4 rings (SSSR count). The molecule has 0 bridgehead atoms. The highest BCUT2D eigenvalue weighted by atomic mass is 35.5. The Kier molecular flexibility index (Phi) is 9.20. The summed E-state index contributed by atoms with van der Waals surface area (Å²) in [5.41, 5.74) is 2.27. The quantitative estimate of drug-likeness (QED) is 0.747. The molecule has 9 heteroatoms. The number of hydrogen-bond donors (Lipinski definition) is 2. The standard InChI is InChI=1S/C20H28N6O.2ClH/c27-20(6-5-17-14-18-15-21-9-3-11-26(18)24-17)25-12-7-16(8-13-25)23-19-4-1-2-10-22-19;;/h1-2,4,10,14,16,21H,3,5-9,11-13,15H2,(H,22,23);2*1H. The van der Waals surface area contributed by atoms with E-state index in [0.717, 1.165) is 69.9 Å². The number of nitrogens with zero attached hydrogens (tertiary/aromatic N) is 4. The smallest absolute Gasteiger partial charge is 0.222 e. The average Bonchev–Trinajstić information content (AvgIpc) is 2.96. The fourth-order valence-electron chi connectivity index (χ4n) is 3.87. The molecule has 0 saturated carbocycles. The number of likely N-dealkylation sites (tertiary alicyclic amines) is 1. The molecule has 0 radical (unpaired) electrons. The van der Waals surface area contributed by atoms with Gasteiger partial charge in [0.2, 0.25) is 5.91 Å². The SMILES string of the molecule is Cl.Cl.O=C(CCc1cc2n(n1)CCCNC2)N1CCC(Nc2ccccn2)CC1. The van der Waals surface area contributed by atoms with Crippen molar-refractivity contribution in [2.45, 2.75) is 51.2 Å². The van der Waals surface area contributed by atoms with Crippen molar-refractivity contribution in [1.82, 2.24) is 25.0 Å². The number of nitrogens with one attached hydrogen (secondary N) is 2. The molecule has 160 valence electrons. The van der Waals surface area contributed by atoms with Crippen LogP contribution in [-0.4, -0.2) is 51.2 Å². The van der Waals surface area contributed by atoms with Crippen molar-refractivity contribution in [2.75, 3.05) is 25.0 Å². The number of aromatic nitrogens is 3. The largest absolute Gasteiger partial charge is 0.367 e. The number of hydrogen-bond acceptors (Lipinski definition) is 5. The third-order valence-electron chi connectivity index (χ3n) is 5.40. The molecule has 0 aliphatic carbocycles. The summed E-state index contributed by atoms with van der Waals surface area (Å²) in [5.74, 6) is 1.16. The monoisotopic (exact) mass is 440 g/mol. The summed E-state index contributed by atoms with van der Waals surface area (Å²) in [6.07, 6.45) is 6.10. The lowest BCUT2D eigenvalue weighted by molar-refractivity contribution is -0.132. The van der Waals surface area contributed by atoms with Gasteiger partial charge in [0.05, 0.1) is 11.4 Å². The van der Waals surface area contributed by atoms with Crippen LogP contribution in [0, 0.1) is 0 Å². The van der Waals surface area contributed by atoms with E-state index in [0.29, 0.717) is 12.5 Å². The Morgan fingerprint density at radius 3 is 2.79 bits per heavy atom. The van der Waals surface area contributed by atoms with E-state index in [4.69, 9.17) is 0 Å². The fourth-order valence-corrected chi connectivity index (χ4v) is 3.87. The minimum absolute atomic E-state index is 0. The van der Waals surface area contributed by atoms with Gasteiger partial charge in [0.1, 0.15) is 5.82 Å². The number of carbonyl (C=O) groups excluding carboxylic acids is 1. The lowest BCUT2D eigenvalue weighted by Gasteiger charge is -2.32. The predicted octanol–water partition coefficient (Wildman–Crippen LogP) is 2.65. The minimum atomic E-state index is 0. The zero-order valence-corrected chi connectivity index (χ0v) is 18.2. The van der Waals surface area contributed by atoms with Crippen molar-refractivity contribution in [3.63, 3.8) is 0 Å². The first-order valence-corrected chi connectivity index (χ1v) is 9.99. The van der Waals surface area contributed by atoms with Crippen LogP contribution in [0.3, 0.4) is 0 Å². The van der Waals surface area contributed by atoms with Gasteiger partial charge in [-0.1, -0.05) is 6.07 Å². The first-order valence-electron chi connectivity index (χ1n) is 9.99. The van der Waals surface area contributed by atoms with Crippen LogP contribution in [0.2, 0.25) is 0 Å². The van der Waals surface area contributed by atoms with Gasteiger partial charge in [0, 0.05) is 51.3 Å². The van der Waals surface area contributed by atoms with E-state index in [2.05, 4.69) is 31.5 Å². The molecule has 1 saturated heterocycles. The molecule has 0 atom stereocenters. The highest BCUT2D eigenvalue weighted by molar-refractivity contribution is 5.85. The summed E-state index contributed by atoms with van der Waals surface area (Å²) >= 11 is 0. The highest BCUT2D eigenvalue weighted by Gasteiger charge is 2.23. The Hall–Kier alpha value is -1.83. The Morgan fingerprint density at radius 2 is 2.03 bits per heavy atom. The second-order valence-corrected chi connectivity index (χ2v) is 7.39. The highest BCUT2D eigenvalue weighted by Crippen LogP contribution is 2.17. The number of amides is 1. The Balaban J connectivity index is 0.00000150. The number of fused-ring (bicyclic) bond motifs is 1. The number of piperidine rings is 1. The number of aryl methyl sites for hydroxylation is 2. The van der Waals surface area contributed by atoms with Crippen molar-refractivity contribution >= 4 is 36.5 Å². The van der Waals surface area contributed by atoms with E-state index in [1.807, 2.05) is 23.1 Å². The van der Waals surface area contributed by atoms with E-state index in [1.54, 1.807) is 6.20 Å². The van der Waals surface area contributed by atoms with Gasteiger partial charge in [-0.2, -0.15) is 5.10 Å². The van der Waals surface area contributed by atoms with E-state index in [1.165, 1.54) is 5.69 Å². The number of carbonyl (C=O) groups is 1. The van der Waals surface area contributed by atoms with Gasteiger partial charge >= 0.3 is 0 Å². The van der Waals surface area contributed by atoms with Gasteiger partial charge in [-0.3, -0.25) is 9.48 Å². The third kappa shape index (κ3) is 6.32. The Bertz CT molecular complexity index is 738. The molecule has 2 aliphatic heterocycles. The van der Waals surface area contributed by atoms with Crippen molar-refractivity contribution < 1.29 is 4.79 Å². The second kappa shape index (κ2) is 11.4. The van der Waals surface area contributed by atoms with Crippen molar-refractivity contribution in [3.05, 3.63) is 41.9 Å². The predicted molar refractivity (Wildman–Crippen MR) is 119 cm³/mol. The van der Waals surface area contributed by atoms with Gasteiger partial charge in [0.15, 0.2) is 0 Å². The molecule has 0 unspecified atom stereocenters. The van der Waals surface area contributed by atoms with Gasteiger partial charge in [-0.05, 0) is 44.0 Å². The molecule has 2 aromatic rings. The lowest BCUT2D eigenvalue weighted by Crippen LogP contribution is -2.42. The van der Waals surface area contributed by atoms with E-state index in [-0.39, 0.29) is 30.7 Å². The van der Waals surface area contributed by atoms with Crippen molar-refractivity contribution in [1.29, 1.82) is 0 Å². The average molecular weight is 441 g/mol. The number of anilines is 1. The summed E-state index contributed by atoms with van der Waals surface area (Å²) in [6.45, 7) is 4.51. The van der Waals surface area contributed by atoms with E-state index >= 15 is 0 Å². The van der Waals surface area contributed by atoms with Gasteiger partial charge < -0.3 is 15.5 Å². The molecular weight excluding hydrogens is 411 g/mol. The van der Waals surface area contributed by atoms with Crippen LogP contribution in [0.5, 0.6) is 0 Å². The second-order valence-electron chi connectivity index (χ2n) is 7.39. The maximum Gasteiger partial charge on any atom is 0.222 e. The summed E-state index contributed by atoms with van der Waals surface area (Å²) in [4.78, 5) is 18.9. The van der Waals surface area contributed by atoms with Gasteiger partial charge in [-0.25, -0.2) is 4.98 Å². The lowest BCUT2D eigenvalue weighted by atomic mass is 10.0. The maximum atomic E-state index is 12.6. The number of halogens is 2. The van der Waals surface area contributed by atoms with E-state index < -0.39 is 0 Å². The first-order chi connectivity index (χ1) is 13.3. The van der Waals surface area contributed by atoms with Gasteiger partial charge in [-0.15, -0.1) is 24.8 Å². The maximum absolute atomic E-state index is 12.6. The Morgan fingerprint density at radius 1 is 1.21 bits per heavy atom. The molecule has 2 N–H and O–H groups in total. The number of pyridine rings is 1. The molecule has 2 aliphatic rings. The zero-order chi connectivity index (χ0) is 18.5. The van der Waals surface area contributed by atoms with Crippen molar-refractivity contribution in [3.8, 4) is 0 Å². The normalized spacial score (nSPS) is 16.8. The third-order valence-corrected chi connectivity index (χ3v) is 5.40. The summed E-state index contributed by atoms with van der Waals surface area (Å²) in [6, 6.07) is 8.43. The minimum Gasteiger partial charge on any atom is -0.367 e. The first kappa shape index (κ1) is 23.4. The van der Waals surface area contributed by atoms with Crippen molar-refractivity contribution in [2.24, 2.45) is 0 Å². The molecule has 7 nitrogen and oxygen atoms in total. The summed E-state index contributed by atoms with van der Waals surface area (Å²) < 4.78 is 2.09. The topological polar surface area (TPSA) is 75.1 Å². The number of rotatable bonds is 5. The van der Waals surface area contributed by atoms with E-state index in [9.17, 15) is 4.79 Å². The van der Waals surface area contributed by atoms with Crippen LogP contribution >= 0.6 is 24.8 Å². The van der Waals surface area contributed by atoms with Crippen LogP contribution in [0.4, 0.5) is 5.82 Å². The van der Waals surface area contributed by atoms with Crippen LogP contribution in [0.1, 0.15) is 37.1 Å². The van der Waals surface area contributed by atoms with Crippen LogP contribution in [-0.2, 0) is 24.3 Å². The van der Waals surface area contributed by atoms with Crippen LogP contribution in [0.15, 0.2) is 30.5 Å². The summed E-state index contributed by atoms with van der Waals surface area (Å²) in [7, 11) is 0. The molecule has 4 heterocycles. The molecule has 2 aromatic heterocycles. The molecule has 1 fully saturated rings. The molecule has 0 spiro atoms. The van der Waals surface area contributed by atoms with Crippen LogP contribution in [0.25, 0.3) is 0 Å². The fraction of sp³-hybridized carbons (Fsp3) is 0.550. The summed E-state index contributed by atoms with van der Waals surface area (Å²) in [5, 5.41) is 11.5. The molecular formula is C20H30Cl2N6O. The molecule has 0 aromatic carbocycles. The molecule has 1 amide bonds.